The molecule has 0 spiro atoms. The zero-order chi connectivity index (χ0) is 19.0. The van der Waals surface area contributed by atoms with E-state index in [1.54, 1.807) is 24.4 Å². The lowest BCUT2D eigenvalue weighted by molar-refractivity contribution is -0.116. The second-order valence-electron chi connectivity index (χ2n) is 6.51. The van der Waals surface area contributed by atoms with E-state index in [2.05, 4.69) is 10.3 Å². The van der Waals surface area contributed by atoms with E-state index in [1.807, 2.05) is 0 Å². The maximum Gasteiger partial charge on any atom is 0.252 e. The lowest BCUT2D eigenvalue weighted by atomic mass is 10.0. The number of fused-ring (bicyclic) bond motifs is 1. The van der Waals surface area contributed by atoms with Gasteiger partial charge in [0.2, 0.25) is 11.8 Å². The largest absolute Gasteiger partial charge is 0.496 e. The van der Waals surface area contributed by atoms with Crippen LogP contribution < -0.4 is 20.5 Å². The molecule has 0 bridgehead atoms. The minimum Gasteiger partial charge on any atom is -0.496 e. The highest BCUT2D eigenvalue weighted by Crippen LogP contribution is 2.31. The molecule has 2 aliphatic heterocycles. The number of rotatable bonds is 5. The van der Waals surface area contributed by atoms with Crippen molar-refractivity contribution in [3.8, 4) is 11.6 Å². The summed E-state index contributed by atoms with van der Waals surface area (Å²) in [5.41, 5.74) is 7.56. The summed E-state index contributed by atoms with van der Waals surface area (Å²) >= 11 is 0. The SMILES string of the molecule is COc1cc2c(OCC3CC(=C4COC4)C(=O)N3)nccc2cc1C(N)=O. The van der Waals surface area contributed by atoms with Crippen molar-refractivity contribution < 1.29 is 23.8 Å². The number of aromatic nitrogens is 1. The highest BCUT2D eigenvalue weighted by atomic mass is 16.5. The fraction of sp³-hybridized carbons (Fsp3) is 0.316. The van der Waals surface area contributed by atoms with Crippen molar-refractivity contribution in [2.75, 3.05) is 26.9 Å². The maximum atomic E-state index is 12.1. The monoisotopic (exact) mass is 369 g/mol. The van der Waals surface area contributed by atoms with Crippen LogP contribution in [0.1, 0.15) is 16.8 Å². The van der Waals surface area contributed by atoms with Crippen molar-refractivity contribution in [1.82, 2.24) is 10.3 Å². The summed E-state index contributed by atoms with van der Waals surface area (Å²) in [7, 11) is 1.47. The summed E-state index contributed by atoms with van der Waals surface area (Å²) in [5.74, 6) is 0.144. The van der Waals surface area contributed by atoms with E-state index in [1.165, 1.54) is 7.11 Å². The van der Waals surface area contributed by atoms with Gasteiger partial charge in [-0.1, -0.05) is 0 Å². The first-order valence-electron chi connectivity index (χ1n) is 8.55. The van der Waals surface area contributed by atoms with Crippen LogP contribution in [0.3, 0.4) is 0 Å². The molecule has 2 aromatic rings. The number of nitrogens with two attached hydrogens (primary N) is 1. The zero-order valence-corrected chi connectivity index (χ0v) is 14.8. The van der Waals surface area contributed by atoms with Gasteiger partial charge in [0.25, 0.3) is 5.91 Å². The van der Waals surface area contributed by atoms with Gasteiger partial charge in [0.05, 0.1) is 31.9 Å². The first-order chi connectivity index (χ1) is 13.1. The Morgan fingerprint density at radius 1 is 1.41 bits per heavy atom. The van der Waals surface area contributed by atoms with Gasteiger partial charge in [0, 0.05) is 23.6 Å². The molecule has 1 aromatic heterocycles. The number of nitrogens with zero attached hydrogens (tertiary/aromatic N) is 1. The molecule has 2 fully saturated rings. The minimum atomic E-state index is -0.567. The van der Waals surface area contributed by atoms with Crippen LogP contribution in [-0.4, -0.2) is 49.8 Å². The average Bonchev–Trinajstić information content (AvgIpc) is 2.97. The molecule has 1 atom stereocenters. The number of ether oxygens (including phenoxy) is 3. The van der Waals surface area contributed by atoms with Gasteiger partial charge in [0.1, 0.15) is 12.4 Å². The Labute approximate surface area is 155 Å². The number of pyridine rings is 1. The molecule has 1 unspecified atom stereocenters. The van der Waals surface area contributed by atoms with E-state index in [-0.39, 0.29) is 18.6 Å². The van der Waals surface area contributed by atoms with E-state index in [0.717, 1.165) is 16.5 Å². The number of nitrogens with one attached hydrogen (secondary N) is 1. The molecule has 0 saturated carbocycles. The van der Waals surface area contributed by atoms with Crippen LogP contribution >= 0.6 is 0 Å². The Hall–Kier alpha value is -3.13. The second kappa shape index (κ2) is 6.88. The summed E-state index contributed by atoms with van der Waals surface area (Å²) < 4.78 is 16.3. The van der Waals surface area contributed by atoms with Gasteiger partial charge >= 0.3 is 0 Å². The van der Waals surface area contributed by atoms with Crippen LogP contribution in [-0.2, 0) is 9.53 Å². The average molecular weight is 369 g/mol. The molecule has 8 nitrogen and oxygen atoms in total. The Morgan fingerprint density at radius 3 is 2.89 bits per heavy atom. The molecule has 27 heavy (non-hydrogen) atoms. The third kappa shape index (κ3) is 3.19. The number of methoxy groups -OCH3 is 1. The first kappa shape index (κ1) is 17.3. The van der Waals surface area contributed by atoms with Gasteiger partial charge < -0.3 is 25.3 Å². The molecule has 2 amide bonds. The number of hydrogen-bond acceptors (Lipinski definition) is 6. The number of hydrogen-bond donors (Lipinski definition) is 2. The summed E-state index contributed by atoms with van der Waals surface area (Å²) in [6.07, 6.45) is 2.21. The summed E-state index contributed by atoms with van der Waals surface area (Å²) in [4.78, 5) is 27.9. The van der Waals surface area contributed by atoms with E-state index < -0.39 is 5.91 Å². The second-order valence-corrected chi connectivity index (χ2v) is 6.51. The Kier molecular flexibility index (Phi) is 4.41. The molecule has 2 aliphatic rings. The fourth-order valence-electron chi connectivity index (χ4n) is 3.28. The van der Waals surface area contributed by atoms with Gasteiger partial charge in [-0.3, -0.25) is 9.59 Å². The Balaban J connectivity index is 1.56. The molecule has 2 saturated heterocycles. The first-order valence-corrected chi connectivity index (χ1v) is 8.55. The van der Waals surface area contributed by atoms with E-state index >= 15 is 0 Å². The predicted octanol–water partition coefficient (Wildman–Crippen LogP) is 0.936. The van der Waals surface area contributed by atoms with Crippen LogP contribution in [0.15, 0.2) is 35.5 Å². The molecular weight excluding hydrogens is 350 g/mol. The molecule has 1 aromatic carbocycles. The molecule has 3 heterocycles. The zero-order valence-electron chi connectivity index (χ0n) is 14.8. The lowest BCUT2D eigenvalue weighted by Gasteiger charge is -2.19. The quantitative estimate of drug-likeness (QED) is 0.759. The van der Waals surface area contributed by atoms with Crippen LogP contribution in [0, 0.1) is 0 Å². The Bertz CT molecular complexity index is 963. The summed E-state index contributed by atoms with van der Waals surface area (Å²) in [5, 5.41) is 4.39. The summed E-state index contributed by atoms with van der Waals surface area (Å²) in [6.45, 7) is 1.35. The van der Waals surface area contributed by atoms with Crippen molar-refractivity contribution in [1.29, 1.82) is 0 Å². The maximum absolute atomic E-state index is 12.1. The molecule has 3 N–H and O–H groups in total. The number of carbonyl (C=O) groups is 2. The molecular formula is C19H19N3O5. The fourth-order valence-corrected chi connectivity index (χ4v) is 3.28. The molecule has 4 rings (SSSR count). The van der Waals surface area contributed by atoms with Crippen molar-refractivity contribution in [3.05, 3.63) is 41.1 Å². The smallest absolute Gasteiger partial charge is 0.252 e. The highest BCUT2D eigenvalue weighted by Gasteiger charge is 2.31. The number of primary amides is 1. The number of benzene rings is 1. The normalized spacial score (nSPS) is 19.0. The van der Waals surface area contributed by atoms with E-state index in [0.29, 0.717) is 42.2 Å². The van der Waals surface area contributed by atoms with Gasteiger partial charge in [0.15, 0.2) is 0 Å². The van der Waals surface area contributed by atoms with Crippen molar-refractivity contribution in [2.45, 2.75) is 12.5 Å². The van der Waals surface area contributed by atoms with Crippen LogP contribution in [0.4, 0.5) is 0 Å². The van der Waals surface area contributed by atoms with Gasteiger partial charge in [-0.25, -0.2) is 4.98 Å². The van der Waals surface area contributed by atoms with Crippen LogP contribution in [0.25, 0.3) is 10.8 Å². The Morgan fingerprint density at radius 2 is 2.22 bits per heavy atom. The third-order valence-corrected chi connectivity index (χ3v) is 4.77. The van der Waals surface area contributed by atoms with Gasteiger partial charge in [-0.05, 0) is 29.2 Å². The summed E-state index contributed by atoms with van der Waals surface area (Å²) in [6, 6.07) is 4.99. The van der Waals surface area contributed by atoms with E-state index in [9.17, 15) is 9.59 Å². The predicted molar refractivity (Wildman–Crippen MR) is 96.7 cm³/mol. The third-order valence-electron chi connectivity index (χ3n) is 4.77. The van der Waals surface area contributed by atoms with Crippen LogP contribution in [0.2, 0.25) is 0 Å². The lowest BCUT2D eigenvalue weighted by Crippen LogP contribution is -2.31. The topological polar surface area (TPSA) is 113 Å². The van der Waals surface area contributed by atoms with Crippen molar-refractivity contribution in [3.63, 3.8) is 0 Å². The van der Waals surface area contributed by atoms with Gasteiger partial charge in [-0.2, -0.15) is 0 Å². The van der Waals surface area contributed by atoms with Crippen molar-refractivity contribution >= 4 is 22.6 Å². The standard InChI is InChI=1S/C19H19N3O5/c1-25-16-6-14-10(4-15(16)17(20)23)2-3-21-19(14)27-9-12-5-13(18(24)22-12)11-7-26-8-11/h2-4,6,12H,5,7-9H2,1H3,(H2,20,23)(H,22,24). The van der Waals surface area contributed by atoms with E-state index in [4.69, 9.17) is 19.9 Å². The molecule has 140 valence electrons. The number of amides is 2. The van der Waals surface area contributed by atoms with Gasteiger partial charge in [-0.15, -0.1) is 0 Å². The van der Waals surface area contributed by atoms with Crippen molar-refractivity contribution in [2.24, 2.45) is 5.73 Å². The highest BCUT2D eigenvalue weighted by molar-refractivity contribution is 6.01. The molecule has 8 heteroatoms. The minimum absolute atomic E-state index is 0.0550. The molecule has 0 radical (unpaired) electrons. The number of carbonyl (C=O) groups excluding carboxylic acids is 2. The molecule has 0 aliphatic carbocycles. The van der Waals surface area contributed by atoms with Crippen LogP contribution in [0.5, 0.6) is 11.6 Å².